The number of rotatable bonds is 6. The highest BCUT2D eigenvalue weighted by Crippen LogP contribution is 2.30. The molecule has 3 aromatic rings. The molecule has 0 bridgehead atoms. The molecule has 5 nitrogen and oxygen atoms in total. The van der Waals surface area contributed by atoms with Gasteiger partial charge < -0.3 is 4.42 Å². The molecule has 2 aliphatic rings. The van der Waals surface area contributed by atoms with Crippen molar-refractivity contribution in [3.8, 4) is 0 Å². The first kappa shape index (κ1) is 20.4. The van der Waals surface area contributed by atoms with Crippen LogP contribution < -0.4 is 0 Å². The zero-order valence-electron chi connectivity index (χ0n) is 18.1. The molecule has 2 aromatic carbocycles. The van der Waals surface area contributed by atoms with Gasteiger partial charge in [0.2, 0.25) is 0 Å². The fraction of sp³-hybridized carbons (Fsp3) is 0.462. The molecule has 5 rings (SSSR count). The van der Waals surface area contributed by atoms with Crippen LogP contribution in [0.25, 0.3) is 21.9 Å². The fourth-order valence-corrected chi connectivity index (χ4v) is 4.95. The van der Waals surface area contributed by atoms with Gasteiger partial charge in [0.15, 0.2) is 11.6 Å². The molecule has 0 atom stereocenters. The second kappa shape index (κ2) is 8.93. The second-order valence-electron chi connectivity index (χ2n) is 9.04. The average Bonchev–Trinajstić information content (AvgIpc) is 3.17. The summed E-state index contributed by atoms with van der Waals surface area (Å²) in [6.45, 7) is 4.97. The van der Waals surface area contributed by atoms with Crippen LogP contribution in [0.5, 0.6) is 0 Å². The number of ketones is 2. The number of furan rings is 1. The lowest BCUT2D eigenvalue weighted by Gasteiger charge is -2.25. The van der Waals surface area contributed by atoms with Gasteiger partial charge in [0.05, 0.1) is 13.1 Å². The number of nitrogens with zero attached hydrogens (tertiary/aromatic N) is 2. The van der Waals surface area contributed by atoms with Crippen molar-refractivity contribution >= 4 is 33.5 Å². The summed E-state index contributed by atoms with van der Waals surface area (Å²) in [6, 6.07) is 11.4. The van der Waals surface area contributed by atoms with Crippen LogP contribution in [0.4, 0.5) is 0 Å². The Kier molecular flexibility index (Phi) is 5.88. The second-order valence-corrected chi connectivity index (χ2v) is 9.04. The Morgan fingerprint density at radius 2 is 1.06 bits per heavy atom. The van der Waals surface area contributed by atoms with Gasteiger partial charge in [-0.1, -0.05) is 12.8 Å². The van der Waals surface area contributed by atoms with Gasteiger partial charge >= 0.3 is 0 Å². The Hall–Kier alpha value is -2.50. The molecular formula is C26H30N2O3. The summed E-state index contributed by atoms with van der Waals surface area (Å²) in [7, 11) is 0. The number of Topliss-reactive ketones (excluding diaryl/α,β-unsaturated/α-hetero) is 2. The lowest BCUT2D eigenvalue weighted by molar-refractivity contribution is 0.0908. The average molecular weight is 419 g/mol. The molecule has 2 aliphatic heterocycles. The van der Waals surface area contributed by atoms with Crippen LogP contribution in [0.1, 0.15) is 59.2 Å². The zero-order chi connectivity index (χ0) is 21.2. The lowest BCUT2D eigenvalue weighted by atomic mass is 10.0. The highest BCUT2D eigenvalue weighted by atomic mass is 16.3. The number of hydrogen-bond donors (Lipinski definition) is 0. The molecule has 3 heterocycles. The van der Waals surface area contributed by atoms with Crippen LogP contribution in [-0.4, -0.2) is 60.6 Å². The van der Waals surface area contributed by atoms with E-state index in [9.17, 15) is 9.59 Å². The molecular weight excluding hydrogens is 388 g/mol. The quantitative estimate of drug-likeness (QED) is 0.532. The van der Waals surface area contributed by atoms with Gasteiger partial charge in [-0.15, -0.1) is 0 Å². The van der Waals surface area contributed by atoms with E-state index in [1.165, 1.54) is 38.5 Å². The Balaban J connectivity index is 1.40. The van der Waals surface area contributed by atoms with Crippen LogP contribution in [0, 0.1) is 0 Å². The highest BCUT2D eigenvalue weighted by Gasteiger charge is 2.19. The molecule has 0 unspecified atom stereocenters. The molecule has 5 heteroatoms. The Morgan fingerprint density at radius 1 is 0.645 bits per heavy atom. The SMILES string of the molecule is O=C(CN1CCCCC1)c1ccc2oc3ccc(C(=O)CN4CCCCC4)cc3c2c1. The first-order valence-electron chi connectivity index (χ1n) is 11.6. The summed E-state index contributed by atoms with van der Waals surface area (Å²) in [5, 5.41) is 1.82. The predicted octanol–water partition coefficient (Wildman–Crippen LogP) is 4.92. The van der Waals surface area contributed by atoms with Crippen molar-refractivity contribution in [1.29, 1.82) is 0 Å². The largest absolute Gasteiger partial charge is 0.456 e. The van der Waals surface area contributed by atoms with Crippen LogP contribution in [0.2, 0.25) is 0 Å². The normalized spacial score (nSPS) is 18.6. The van der Waals surface area contributed by atoms with E-state index in [4.69, 9.17) is 4.42 Å². The predicted molar refractivity (Wildman–Crippen MR) is 123 cm³/mol. The van der Waals surface area contributed by atoms with Crippen molar-refractivity contribution < 1.29 is 14.0 Å². The van der Waals surface area contributed by atoms with Crippen molar-refractivity contribution in [2.45, 2.75) is 38.5 Å². The van der Waals surface area contributed by atoms with Crippen molar-refractivity contribution in [3.63, 3.8) is 0 Å². The summed E-state index contributed by atoms with van der Waals surface area (Å²) >= 11 is 0. The minimum absolute atomic E-state index is 0.149. The molecule has 0 spiro atoms. The van der Waals surface area contributed by atoms with E-state index in [-0.39, 0.29) is 11.6 Å². The van der Waals surface area contributed by atoms with E-state index in [1.807, 2.05) is 36.4 Å². The van der Waals surface area contributed by atoms with Gasteiger partial charge in [-0.25, -0.2) is 0 Å². The Morgan fingerprint density at radius 3 is 1.48 bits per heavy atom. The molecule has 2 saturated heterocycles. The van der Waals surface area contributed by atoms with E-state index >= 15 is 0 Å². The van der Waals surface area contributed by atoms with Gasteiger partial charge in [-0.3, -0.25) is 19.4 Å². The summed E-state index contributed by atoms with van der Waals surface area (Å²) in [5.41, 5.74) is 2.94. The number of benzene rings is 2. The molecule has 1 aromatic heterocycles. The monoisotopic (exact) mass is 418 g/mol. The van der Waals surface area contributed by atoms with Crippen molar-refractivity contribution in [3.05, 3.63) is 47.5 Å². The van der Waals surface area contributed by atoms with Crippen molar-refractivity contribution in [2.75, 3.05) is 39.3 Å². The molecule has 2 fully saturated rings. The van der Waals surface area contributed by atoms with Crippen molar-refractivity contribution in [2.24, 2.45) is 0 Å². The van der Waals surface area contributed by atoms with E-state index in [2.05, 4.69) is 9.80 Å². The van der Waals surface area contributed by atoms with Crippen LogP contribution in [-0.2, 0) is 0 Å². The topological polar surface area (TPSA) is 53.8 Å². The maximum Gasteiger partial charge on any atom is 0.176 e. The Labute approximate surface area is 183 Å². The number of hydrogen-bond acceptors (Lipinski definition) is 5. The minimum Gasteiger partial charge on any atom is -0.456 e. The molecule has 0 saturated carbocycles. The van der Waals surface area contributed by atoms with Gasteiger partial charge in [0.1, 0.15) is 11.2 Å². The third-order valence-electron chi connectivity index (χ3n) is 6.74. The molecule has 0 radical (unpaired) electrons. The molecule has 0 N–H and O–H groups in total. The highest BCUT2D eigenvalue weighted by molar-refractivity contribution is 6.11. The standard InChI is InChI=1S/C26H30N2O3/c29-23(17-27-11-3-1-4-12-27)19-7-9-25-21(15-19)22-16-20(8-10-26(22)31-25)24(30)18-28-13-5-2-6-14-28/h7-10,15-16H,1-6,11-14,17-18H2. The molecule has 0 aliphatic carbocycles. The minimum atomic E-state index is 0.149. The first-order valence-corrected chi connectivity index (χ1v) is 11.6. The van der Waals surface area contributed by atoms with Gasteiger partial charge in [-0.2, -0.15) is 0 Å². The Bertz CT molecular complexity index is 1020. The van der Waals surface area contributed by atoms with E-state index in [0.29, 0.717) is 24.2 Å². The van der Waals surface area contributed by atoms with Crippen LogP contribution >= 0.6 is 0 Å². The molecule has 162 valence electrons. The van der Waals surface area contributed by atoms with Crippen LogP contribution in [0.15, 0.2) is 40.8 Å². The zero-order valence-corrected chi connectivity index (χ0v) is 18.1. The number of piperidine rings is 2. The molecule has 0 amide bonds. The number of carbonyl (C=O) groups is 2. The van der Waals surface area contributed by atoms with E-state index < -0.39 is 0 Å². The van der Waals surface area contributed by atoms with E-state index in [0.717, 1.165) is 48.1 Å². The summed E-state index contributed by atoms with van der Waals surface area (Å²) < 4.78 is 5.98. The maximum absolute atomic E-state index is 12.9. The molecule has 31 heavy (non-hydrogen) atoms. The van der Waals surface area contributed by atoms with Crippen LogP contribution in [0.3, 0.4) is 0 Å². The number of likely N-dealkylation sites (tertiary alicyclic amines) is 2. The smallest absolute Gasteiger partial charge is 0.176 e. The first-order chi connectivity index (χ1) is 15.2. The van der Waals surface area contributed by atoms with E-state index in [1.54, 1.807) is 0 Å². The van der Waals surface area contributed by atoms with Gasteiger partial charge in [-0.05, 0) is 88.3 Å². The third-order valence-corrected chi connectivity index (χ3v) is 6.74. The number of carbonyl (C=O) groups excluding carboxylic acids is 2. The lowest BCUT2D eigenvalue weighted by Crippen LogP contribution is -2.34. The number of fused-ring (bicyclic) bond motifs is 3. The summed E-state index contributed by atoms with van der Waals surface area (Å²) in [6.07, 6.45) is 7.21. The van der Waals surface area contributed by atoms with Gasteiger partial charge in [0, 0.05) is 21.9 Å². The maximum atomic E-state index is 12.9. The van der Waals surface area contributed by atoms with Crippen molar-refractivity contribution in [1.82, 2.24) is 9.80 Å². The summed E-state index contributed by atoms with van der Waals surface area (Å²) in [5.74, 6) is 0.297. The fourth-order valence-electron chi connectivity index (χ4n) is 4.95. The van der Waals surface area contributed by atoms with Gasteiger partial charge in [0.25, 0.3) is 0 Å². The summed E-state index contributed by atoms with van der Waals surface area (Å²) in [4.78, 5) is 30.3. The third kappa shape index (κ3) is 4.43.